The van der Waals surface area contributed by atoms with Crippen molar-refractivity contribution >= 4 is 36.6 Å². The van der Waals surface area contributed by atoms with Crippen molar-refractivity contribution in [3.63, 3.8) is 0 Å². The molecule has 2 saturated heterocycles. The van der Waals surface area contributed by atoms with Crippen LogP contribution in [0.3, 0.4) is 0 Å². The molecule has 1 spiro atoms. The van der Waals surface area contributed by atoms with Crippen LogP contribution in [0.15, 0.2) is 16.9 Å². The Bertz CT molecular complexity index is 1320. The Labute approximate surface area is 225 Å². The molecule has 4 aliphatic rings. The third-order valence-electron chi connectivity index (χ3n) is 9.22. The number of aryl methyl sites for hydroxylation is 1. The van der Waals surface area contributed by atoms with E-state index in [1.165, 1.54) is 35.4 Å². The number of nitrogens with one attached hydrogen (secondary N) is 1. The summed E-state index contributed by atoms with van der Waals surface area (Å²) in [6.45, 7) is 11.9. The van der Waals surface area contributed by atoms with Gasteiger partial charge in [0.1, 0.15) is 12.8 Å². The third kappa shape index (κ3) is 4.44. The number of anilines is 1. The lowest BCUT2D eigenvalue weighted by molar-refractivity contribution is -0.157. The van der Waals surface area contributed by atoms with Crippen molar-refractivity contribution in [3.05, 3.63) is 28.2 Å². The van der Waals surface area contributed by atoms with Crippen LogP contribution in [0.5, 0.6) is 0 Å². The molecule has 5 heterocycles. The zero-order chi connectivity index (χ0) is 26.7. The largest absolute Gasteiger partial charge is 0.367 e. The first kappa shape index (κ1) is 25.8. The average Bonchev–Trinajstić information content (AvgIpc) is 3.06. The molecule has 0 saturated carbocycles. The molecule has 1 aromatic heterocycles. The van der Waals surface area contributed by atoms with E-state index < -0.39 is 14.1 Å². The molecular formula is C28H41N5O4Si. The highest BCUT2D eigenvalue weighted by Crippen LogP contribution is 2.44. The van der Waals surface area contributed by atoms with E-state index >= 15 is 0 Å². The number of nitrogens with zero attached hydrogens (tertiary/aromatic N) is 4. The van der Waals surface area contributed by atoms with Gasteiger partial charge >= 0.3 is 5.69 Å². The lowest BCUT2D eigenvalue weighted by Crippen LogP contribution is -2.49. The summed E-state index contributed by atoms with van der Waals surface area (Å²) in [6.07, 6.45) is 5.15. The molecular weight excluding hydrogens is 498 g/mol. The van der Waals surface area contributed by atoms with Gasteiger partial charge in [0, 0.05) is 40.7 Å². The van der Waals surface area contributed by atoms with Crippen molar-refractivity contribution in [2.75, 3.05) is 44.4 Å². The van der Waals surface area contributed by atoms with Gasteiger partial charge in [-0.3, -0.25) is 23.6 Å². The van der Waals surface area contributed by atoms with Crippen LogP contribution in [-0.4, -0.2) is 73.4 Å². The average molecular weight is 540 g/mol. The van der Waals surface area contributed by atoms with Gasteiger partial charge in [0.15, 0.2) is 0 Å². The fourth-order valence-corrected chi connectivity index (χ4v) is 7.69. The number of carbonyl (C=O) groups is 2. The normalized spacial score (nSPS) is 23.4. The number of imide groups is 1. The Morgan fingerprint density at radius 2 is 1.84 bits per heavy atom. The molecule has 0 radical (unpaired) electrons. The van der Waals surface area contributed by atoms with Gasteiger partial charge in [-0.2, -0.15) is 0 Å². The van der Waals surface area contributed by atoms with Crippen molar-refractivity contribution in [2.45, 2.75) is 76.8 Å². The van der Waals surface area contributed by atoms with Crippen LogP contribution in [0.4, 0.5) is 5.69 Å². The van der Waals surface area contributed by atoms with Crippen LogP contribution in [0, 0.1) is 5.41 Å². The summed E-state index contributed by atoms with van der Waals surface area (Å²) in [6, 6.07) is 4.50. The minimum atomic E-state index is -1.28. The topological polar surface area (TPSA) is 88.8 Å². The number of carbonyl (C=O) groups excluding carboxylic acids is 2. The second kappa shape index (κ2) is 9.64. The van der Waals surface area contributed by atoms with Crippen LogP contribution >= 0.6 is 0 Å². The van der Waals surface area contributed by atoms with Crippen LogP contribution < -0.4 is 15.9 Å². The van der Waals surface area contributed by atoms with E-state index in [0.29, 0.717) is 25.0 Å². The number of hydrogen-bond donors (Lipinski definition) is 1. The molecule has 6 rings (SSSR count). The van der Waals surface area contributed by atoms with Crippen LogP contribution in [-0.2, 0) is 27.3 Å². The van der Waals surface area contributed by atoms with Crippen molar-refractivity contribution in [1.29, 1.82) is 0 Å². The van der Waals surface area contributed by atoms with E-state index in [4.69, 9.17) is 4.74 Å². The quantitative estimate of drug-likeness (QED) is 0.345. The van der Waals surface area contributed by atoms with E-state index in [9.17, 15) is 14.4 Å². The molecule has 2 amide bonds. The number of rotatable bonds is 6. The molecule has 1 unspecified atom stereocenters. The Morgan fingerprint density at radius 1 is 1.05 bits per heavy atom. The molecule has 0 aliphatic carbocycles. The summed E-state index contributed by atoms with van der Waals surface area (Å²) in [5, 5.41) is 3.52. The number of amides is 2. The highest BCUT2D eigenvalue weighted by molar-refractivity contribution is 6.76. The molecule has 2 aromatic rings. The molecule has 9 nitrogen and oxygen atoms in total. The summed E-state index contributed by atoms with van der Waals surface area (Å²) in [4.78, 5) is 43.9. The fourth-order valence-electron chi connectivity index (χ4n) is 6.93. The van der Waals surface area contributed by atoms with E-state index in [1.807, 2.05) is 10.6 Å². The highest BCUT2D eigenvalue weighted by atomic mass is 28.3. The monoisotopic (exact) mass is 539 g/mol. The number of imidazole rings is 1. The second-order valence-electron chi connectivity index (χ2n) is 13.0. The Kier molecular flexibility index (Phi) is 6.55. The van der Waals surface area contributed by atoms with Gasteiger partial charge < -0.3 is 15.0 Å². The van der Waals surface area contributed by atoms with Gasteiger partial charge in [-0.25, -0.2) is 4.79 Å². The summed E-state index contributed by atoms with van der Waals surface area (Å²) in [5.74, 6) is -0.539. The number of benzene rings is 1. The van der Waals surface area contributed by atoms with Crippen LogP contribution in [0.1, 0.15) is 43.7 Å². The van der Waals surface area contributed by atoms with Crippen molar-refractivity contribution in [2.24, 2.45) is 5.41 Å². The van der Waals surface area contributed by atoms with Gasteiger partial charge in [0.25, 0.3) is 5.91 Å². The predicted octanol–water partition coefficient (Wildman–Crippen LogP) is 2.94. The molecule has 0 bridgehead atoms. The lowest BCUT2D eigenvalue weighted by Gasteiger charge is -2.41. The van der Waals surface area contributed by atoms with Crippen LogP contribution in [0.25, 0.3) is 11.0 Å². The zero-order valence-electron chi connectivity index (χ0n) is 23.1. The number of likely N-dealkylation sites (tertiary alicyclic amines) is 1. The van der Waals surface area contributed by atoms with Crippen molar-refractivity contribution < 1.29 is 14.3 Å². The summed E-state index contributed by atoms with van der Waals surface area (Å²) >= 11 is 0. The van der Waals surface area contributed by atoms with Crippen molar-refractivity contribution in [3.8, 4) is 0 Å². The third-order valence-corrected chi connectivity index (χ3v) is 10.9. The number of aromatic nitrogens is 2. The maximum absolute atomic E-state index is 13.8. The maximum atomic E-state index is 13.8. The smallest absolute Gasteiger partial charge is 0.329 e. The molecule has 206 valence electrons. The SMILES string of the molecule is C[Si](C)(C)CCOCN1C(=O)CCC(n2c(=O)n3c4c5c(ccc42)CCC2(CCNCC2)CN5CC3)C1=O. The fraction of sp³-hybridized carbons (Fsp3) is 0.679. The van der Waals surface area contributed by atoms with Gasteiger partial charge in [0.2, 0.25) is 5.91 Å². The number of ether oxygens (including phenoxy) is 1. The minimum absolute atomic E-state index is 0.0356. The second-order valence-corrected chi connectivity index (χ2v) is 18.6. The summed E-state index contributed by atoms with van der Waals surface area (Å²) < 4.78 is 9.34. The molecule has 1 N–H and O–H groups in total. The Hall–Kier alpha value is -2.43. The molecule has 2 fully saturated rings. The van der Waals surface area contributed by atoms with E-state index in [-0.39, 0.29) is 30.7 Å². The predicted molar refractivity (Wildman–Crippen MR) is 150 cm³/mol. The lowest BCUT2D eigenvalue weighted by atomic mass is 9.75. The van der Waals surface area contributed by atoms with E-state index in [0.717, 1.165) is 49.7 Å². The van der Waals surface area contributed by atoms with E-state index in [2.05, 4.69) is 35.9 Å². The first-order chi connectivity index (χ1) is 18.2. The van der Waals surface area contributed by atoms with Gasteiger partial charge in [0.05, 0.1) is 16.7 Å². The summed E-state index contributed by atoms with van der Waals surface area (Å²) in [5.41, 5.74) is 4.45. The molecule has 1 aromatic carbocycles. The Morgan fingerprint density at radius 3 is 2.61 bits per heavy atom. The van der Waals surface area contributed by atoms with Crippen LogP contribution in [0.2, 0.25) is 25.7 Å². The molecule has 4 aliphatic heterocycles. The molecule has 38 heavy (non-hydrogen) atoms. The summed E-state index contributed by atoms with van der Waals surface area (Å²) in [7, 11) is -1.28. The minimum Gasteiger partial charge on any atom is -0.367 e. The van der Waals surface area contributed by atoms with E-state index in [1.54, 1.807) is 4.57 Å². The number of piperidine rings is 2. The van der Waals surface area contributed by atoms with Gasteiger partial charge in [-0.1, -0.05) is 25.7 Å². The highest BCUT2D eigenvalue weighted by Gasteiger charge is 2.41. The van der Waals surface area contributed by atoms with Gasteiger partial charge in [-0.15, -0.1) is 0 Å². The zero-order valence-corrected chi connectivity index (χ0v) is 24.1. The molecule has 1 atom stereocenters. The standard InChI is InChI=1S/C28H41N5O4Si/c1-38(2,3)17-16-37-19-32-23(34)7-6-22(26(32)35)33-21-5-4-20-8-9-28(10-12-29-13-11-28)18-30-14-15-31(27(33)36)25(21)24(20)30/h4-5,22,29H,6-19H2,1-3H3. The maximum Gasteiger partial charge on any atom is 0.329 e. The Balaban J connectivity index is 1.32. The van der Waals surface area contributed by atoms with Gasteiger partial charge in [-0.05, 0) is 68.3 Å². The first-order valence-electron chi connectivity index (χ1n) is 14.3. The number of hydrogen-bond acceptors (Lipinski definition) is 6. The first-order valence-corrected chi connectivity index (χ1v) is 18.0. The molecule has 10 heteroatoms. The van der Waals surface area contributed by atoms with Crippen molar-refractivity contribution in [1.82, 2.24) is 19.4 Å².